The van der Waals surface area contributed by atoms with Crippen molar-refractivity contribution < 1.29 is 0 Å². The van der Waals surface area contributed by atoms with Crippen LogP contribution >= 0.6 is 0 Å². The highest BCUT2D eigenvalue weighted by Crippen LogP contribution is 2.33. The minimum Gasteiger partial charge on any atom is -0.0996 e. The van der Waals surface area contributed by atoms with E-state index in [1.807, 2.05) is 0 Å². The van der Waals surface area contributed by atoms with Crippen molar-refractivity contribution in [3.63, 3.8) is 0 Å². The van der Waals surface area contributed by atoms with E-state index < -0.39 is 0 Å². The van der Waals surface area contributed by atoms with E-state index in [1.165, 1.54) is 109 Å². The van der Waals surface area contributed by atoms with Crippen LogP contribution in [0.5, 0.6) is 0 Å². The zero-order valence-electron chi connectivity index (χ0n) is 17.3. The summed E-state index contributed by atoms with van der Waals surface area (Å²) in [7, 11) is 0. The predicted octanol–water partition coefficient (Wildman–Crippen LogP) is 8.15. The molecule has 2 aliphatic rings. The molecule has 2 aliphatic carbocycles. The molecule has 0 aliphatic heterocycles. The Morgan fingerprint density at radius 2 is 0.960 bits per heavy atom. The highest BCUT2D eigenvalue weighted by Gasteiger charge is 2.21. The van der Waals surface area contributed by atoms with Crippen LogP contribution in [0.1, 0.15) is 123 Å². The number of hydrogen-bond acceptors (Lipinski definition) is 0. The van der Waals surface area contributed by atoms with Gasteiger partial charge < -0.3 is 0 Å². The predicted molar refractivity (Wildman–Crippen MR) is 112 cm³/mol. The van der Waals surface area contributed by atoms with Crippen molar-refractivity contribution in [3.05, 3.63) is 0 Å². The molecule has 0 spiro atoms. The van der Waals surface area contributed by atoms with Crippen LogP contribution in [0, 0.1) is 35.5 Å². The number of unbranched alkanes of at least 4 members (excludes halogenated alkanes) is 5. The first kappa shape index (κ1) is 20.9. The van der Waals surface area contributed by atoms with Gasteiger partial charge in [0.25, 0.3) is 0 Å². The van der Waals surface area contributed by atoms with Gasteiger partial charge >= 0.3 is 0 Å². The SMILES string of the molecule is CCCCCCCC1CCC(C#CC2CCC(CCCC)CC2)CC1. The quantitative estimate of drug-likeness (QED) is 0.292. The van der Waals surface area contributed by atoms with Crippen LogP contribution in [0.25, 0.3) is 0 Å². The molecule has 0 aromatic rings. The first-order valence-electron chi connectivity index (χ1n) is 11.8. The van der Waals surface area contributed by atoms with Gasteiger partial charge in [0.2, 0.25) is 0 Å². The third-order valence-corrected chi connectivity index (χ3v) is 6.87. The standard InChI is InChI=1S/C25H44/c1-3-5-7-8-9-11-23-14-18-25(19-15-23)21-20-24-16-12-22(13-17-24)10-6-4-2/h22-25H,3-19H2,1-2H3. The molecule has 0 N–H and O–H groups in total. The van der Waals surface area contributed by atoms with Gasteiger partial charge in [-0.1, -0.05) is 83.5 Å². The van der Waals surface area contributed by atoms with Gasteiger partial charge in [-0.3, -0.25) is 0 Å². The minimum atomic E-state index is 0.731. The highest BCUT2D eigenvalue weighted by atomic mass is 14.3. The Morgan fingerprint density at radius 3 is 1.44 bits per heavy atom. The molecule has 0 unspecified atom stereocenters. The van der Waals surface area contributed by atoms with Crippen LogP contribution in [0.3, 0.4) is 0 Å². The van der Waals surface area contributed by atoms with Crippen molar-refractivity contribution in [3.8, 4) is 11.8 Å². The van der Waals surface area contributed by atoms with Gasteiger partial charge in [-0.05, 0) is 63.2 Å². The van der Waals surface area contributed by atoms with E-state index in [4.69, 9.17) is 0 Å². The van der Waals surface area contributed by atoms with Crippen molar-refractivity contribution >= 4 is 0 Å². The van der Waals surface area contributed by atoms with Gasteiger partial charge in [-0.25, -0.2) is 0 Å². The lowest BCUT2D eigenvalue weighted by Gasteiger charge is -2.27. The lowest BCUT2D eigenvalue weighted by atomic mass is 9.78. The van der Waals surface area contributed by atoms with Gasteiger partial charge in [0.1, 0.15) is 0 Å². The van der Waals surface area contributed by atoms with Gasteiger partial charge in [0.15, 0.2) is 0 Å². The maximum Gasteiger partial charge on any atom is 0.0203 e. The molecule has 0 atom stereocenters. The van der Waals surface area contributed by atoms with Crippen molar-refractivity contribution in [2.75, 3.05) is 0 Å². The van der Waals surface area contributed by atoms with E-state index in [9.17, 15) is 0 Å². The summed E-state index contributed by atoms with van der Waals surface area (Å²) in [5.41, 5.74) is 0. The molecule has 2 saturated carbocycles. The summed E-state index contributed by atoms with van der Waals surface area (Å²) in [6.07, 6.45) is 24.3. The molecule has 144 valence electrons. The summed E-state index contributed by atoms with van der Waals surface area (Å²) in [6, 6.07) is 0. The highest BCUT2D eigenvalue weighted by molar-refractivity contribution is 5.09. The molecule has 0 nitrogen and oxygen atoms in total. The molecule has 0 aromatic heterocycles. The minimum absolute atomic E-state index is 0.731. The molecule has 25 heavy (non-hydrogen) atoms. The number of rotatable bonds is 9. The average Bonchev–Trinajstić information content (AvgIpc) is 2.66. The number of hydrogen-bond donors (Lipinski definition) is 0. The van der Waals surface area contributed by atoms with Crippen LogP contribution in [0.2, 0.25) is 0 Å². The third-order valence-electron chi connectivity index (χ3n) is 6.87. The molecule has 2 rings (SSSR count). The van der Waals surface area contributed by atoms with E-state index in [2.05, 4.69) is 25.7 Å². The summed E-state index contributed by atoms with van der Waals surface area (Å²) < 4.78 is 0. The molecule has 0 heterocycles. The second-order valence-corrected chi connectivity index (χ2v) is 9.07. The Morgan fingerprint density at radius 1 is 0.520 bits per heavy atom. The van der Waals surface area contributed by atoms with Crippen molar-refractivity contribution in [1.82, 2.24) is 0 Å². The average molecular weight is 345 g/mol. The molecular formula is C25H44. The van der Waals surface area contributed by atoms with E-state index >= 15 is 0 Å². The smallest absolute Gasteiger partial charge is 0.0203 e. The fourth-order valence-electron chi connectivity index (χ4n) is 4.96. The second kappa shape index (κ2) is 12.8. The van der Waals surface area contributed by atoms with E-state index in [0.29, 0.717) is 0 Å². The van der Waals surface area contributed by atoms with Crippen LogP contribution in [0.4, 0.5) is 0 Å². The molecule has 2 fully saturated rings. The molecule has 0 heteroatoms. The first-order chi connectivity index (χ1) is 12.3. The monoisotopic (exact) mass is 344 g/mol. The van der Waals surface area contributed by atoms with E-state index in [0.717, 1.165) is 23.7 Å². The molecule has 0 bridgehead atoms. The molecular weight excluding hydrogens is 300 g/mol. The molecule has 0 amide bonds. The lowest BCUT2D eigenvalue weighted by Crippen LogP contribution is -2.15. The largest absolute Gasteiger partial charge is 0.0996 e. The summed E-state index contributed by atoms with van der Waals surface area (Å²) in [5, 5.41) is 0. The molecule has 0 aromatic carbocycles. The third kappa shape index (κ3) is 8.66. The summed E-state index contributed by atoms with van der Waals surface area (Å²) >= 11 is 0. The van der Waals surface area contributed by atoms with Gasteiger partial charge in [0.05, 0.1) is 0 Å². The van der Waals surface area contributed by atoms with Gasteiger partial charge in [-0.15, -0.1) is 0 Å². The van der Waals surface area contributed by atoms with Gasteiger partial charge in [-0.2, -0.15) is 0 Å². The Balaban J connectivity index is 1.56. The summed E-state index contributed by atoms with van der Waals surface area (Å²) in [4.78, 5) is 0. The van der Waals surface area contributed by atoms with Crippen LogP contribution in [-0.2, 0) is 0 Å². The maximum absolute atomic E-state index is 3.70. The Hall–Kier alpha value is -0.440. The summed E-state index contributed by atoms with van der Waals surface area (Å²) in [5.74, 6) is 10.9. The topological polar surface area (TPSA) is 0 Å². The Labute approximate surface area is 158 Å². The normalized spacial score (nSPS) is 29.8. The molecule has 0 radical (unpaired) electrons. The zero-order chi connectivity index (χ0) is 17.7. The van der Waals surface area contributed by atoms with Crippen LogP contribution in [0.15, 0.2) is 0 Å². The fraction of sp³-hybridized carbons (Fsp3) is 0.920. The molecule has 0 saturated heterocycles. The van der Waals surface area contributed by atoms with Crippen LogP contribution < -0.4 is 0 Å². The van der Waals surface area contributed by atoms with E-state index in [1.54, 1.807) is 0 Å². The van der Waals surface area contributed by atoms with Crippen molar-refractivity contribution in [2.45, 2.75) is 123 Å². The Kier molecular flexibility index (Phi) is 10.7. The van der Waals surface area contributed by atoms with Crippen LogP contribution in [-0.4, -0.2) is 0 Å². The zero-order valence-corrected chi connectivity index (χ0v) is 17.3. The fourth-order valence-corrected chi connectivity index (χ4v) is 4.96. The Bertz CT molecular complexity index is 369. The second-order valence-electron chi connectivity index (χ2n) is 9.07. The van der Waals surface area contributed by atoms with Crippen molar-refractivity contribution in [1.29, 1.82) is 0 Å². The lowest BCUT2D eigenvalue weighted by molar-refractivity contribution is 0.289. The van der Waals surface area contributed by atoms with Crippen molar-refractivity contribution in [2.24, 2.45) is 23.7 Å². The van der Waals surface area contributed by atoms with E-state index in [-0.39, 0.29) is 0 Å². The maximum atomic E-state index is 3.70. The first-order valence-corrected chi connectivity index (χ1v) is 11.8. The van der Waals surface area contributed by atoms with Gasteiger partial charge in [0, 0.05) is 11.8 Å². The summed E-state index contributed by atoms with van der Waals surface area (Å²) in [6.45, 7) is 4.62.